The lowest BCUT2D eigenvalue weighted by Gasteiger charge is -2.21. The second-order valence-electron chi connectivity index (χ2n) is 5.42. The summed E-state index contributed by atoms with van der Waals surface area (Å²) in [5, 5.41) is 14.9. The van der Waals surface area contributed by atoms with Gasteiger partial charge in [-0.1, -0.05) is 0 Å². The third kappa shape index (κ3) is 3.62. The first-order valence-electron chi connectivity index (χ1n) is 7.69. The van der Waals surface area contributed by atoms with E-state index in [1.54, 1.807) is 24.4 Å². The number of carbonyl (C=O) groups excluding carboxylic acids is 1. The molecule has 1 aliphatic rings. The number of rotatable bonds is 5. The van der Waals surface area contributed by atoms with Gasteiger partial charge in [-0.15, -0.1) is 0 Å². The van der Waals surface area contributed by atoms with Gasteiger partial charge >= 0.3 is 6.03 Å². The van der Waals surface area contributed by atoms with Gasteiger partial charge in [0.25, 0.3) is 0 Å². The average Bonchev–Trinajstić information content (AvgIpc) is 3.26. The number of nitrogens with zero attached hydrogens (tertiary/aromatic N) is 2. The normalized spacial score (nSPS) is 15.4. The Hall–Kier alpha value is -2.54. The molecule has 0 spiro atoms. The highest BCUT2D eigenvalue weighted by atomic mass is 16.3. The van der Waals surface area contributed by atoms with Gasteiger partial charge in [-0.3, -0.25) is 0 Å². The van der Waals surface area contributed by atoms with E-state index in [2.05, 4.69) is 20.5 Å². The van der Waals surface area contributed by atoms with Crippen molar-refractivity contribution in [1.82, 2.24) is 10.3 Å². The van der Waals surface area contributed by atoms with Crippen LogP contribution in [0, 0.1) is 0 Å². The summed E-state index contributed by atoms with van der Waals surface area (Å²) in [6.45, 7) is 1.64. The molecule has 3 N–H and O–H groups in total. The Bertz CT molecular complexity index is 639. The molecule has 1 fully saturated rings. The minimum Gasteiger partial charge on any atom is -0.467 e. The van der Waals surface area contributed by atoms with Crippen molar-refractivity contribution in [3.05, 3.63) is 42.5 Å². The Balaban J connectivity index is 1.68. The number of hydrogen-bond acceptors (Lipinski definition) is 5. The molecule has 23 heavy (non-hydrogen) atoms. The van der Waals surface area contributed by atoms with Crippen LogP contribution < -0.4 is 15.5 Å². The highest BCUT2D eigenvalue weighted by molar-refractivity contribution is 5.92. The SMILES string of the molecule is O=C(Nc1cccnc1N1CCCC1)NC(CO)c1ccco1. The van der Waals surface area contributed by atoms with Crippen molar-refractivity contribution < 1.29 is 14.3 Å². The van der Waals surface area contributed by atoms with Gasteiger partial charge in [-0.05, 0) is 37.1 Å². The number of anilines is 2. The maximum Gasteiger partial charge on any atom is 0.320 e. The van der Waals surface area contributed by atoms with Gasteiger partial charge < -0.3 is 25.1 Å². The minimum absolute atomic E-state index is 0.243. The number of aromatic nitrogens is 1. The largest absolute Gasteiger partial charge is 0.467 e. The smallest absolute Gasteiger partial charge is 0.320 e. The molecule has 3 heterocycles. The van der Waals surface area contributed by atoms with Crippen molar-refractivity contribution >= 4 is 17.5 Å². The molecule has 0 aromatic carbocycles. The summed E-state index contributed by atoms with van der Waals surface area (Å²) in [6.07, 6.45) is 5.49. The van der Waals surface area contributed by atoms with Crippen LogP contribution in [0.3, 0.4) is 0 Å². The standard InChI is InChI=1S/C16H20N4O3/c21-11-13(14-6-4-10-23-14)19-16(22)18-12-5-3-7-17-15(12)20-8-1-2-9-20/h3-7,10,13,21H,1-2,8-9,11H2,(H2,18,19,22). The van der Waals surface area contributed by atoms with Crippen LogP contribution in [0.15, 0.2) is 41.1 Å². The van der Waals surface area contributed by atoms with E-state index < -0.39 is 12.1 Å². The van der Waals surface area contributed by atoms with Gasteiger partial charge in [0.1, 0.15) is 11.8 Å². The molecule has 2 amide bonds. The predicted octanol–water partition coefficient (Wildman–Crippen LogP) is 2.13. The number of aliphatic hydroxyl groups is 1. The van der Waals surface area contributed by atoms with Crippen molar-refractivity contribution in [2.24, 2.45) is 0 Å². The lowest BCUT2D eigenvalue weighted by molar-refractivity contribution is 0.215. The number of hydrogen-bond donors (Lipinski definition) is 3. The molecule has 1 aliphatic heterocycles. The molecular weight excluding hydrogens is 296 g/mol. The topological polar surface area (TPSA) is 90.6 Å². The van der Waals surface area contributed by atoms with E-state index in [0.29, 0.717) is 11.4 Å². The van der Waals surface area contributed by atoms with E-state index in [1.165, 1.54) is 6.26 Å². The van der Waals surface area contributed by atoms with Crippen LogP contribution >= 0.6 is 0 Å². The van der Waals surface area contributed by atoms with Gasteiger partial charge in [0.15, 0.2) is 5.82 Å². The van der Waals surface area contributed by atoms with E-state index in [1.807, 2.05) is 6.07 Å². The first-order valence-corrected chi connectivity index (χ1v) is 7.69. The molecular formula is C16H20N4O3. The molecule has 7 heteroatoms. The first-order chi connectivity index (χ1) is 11.3. The predicted molar refractivity (Wildman–Crippen MR) is 86.4 cm³/mol. The number of aliphatic hydroxyl groups excluding tert-OH is 1. The molecule has 7 nitrogen and oxygen atoms in total. The Morgan fingerprint density at radius 2 is 2.17 bits per heavy atom. The molecule has 0 aliphatic carbocycles. The van der Waals surface area contributed by atoms with E-state index in [9.17, 15) is 9.90 Å². The van der Waals surface area contributed by atoms with Crippen molar-refractivity contribution in [2.75, 3.05) is 29.9 Å². The van der Waals surface area contributed by atoms with Crippen LogP contribution in [0.4, 0.5) is 16.3 Å². The quantitative estimate of drug-likeness (QED) is 0.786. The molecule has 2 aromatic rings. The lowest BCUT2D eigenvalue weighted by atomic mass is 10.2. The number of pyridine rings is 1. The van der Waals surface area contributed by atoms with Crippen molar-refractivity contribution in [1.29, 1.82) is 0 Å². The van der Waals surface area contributed by atoms with E-state index in [-0.39, 0.29) is 6.61 Å². The van der Waals surface area contributed by atoms with Crippen molar-refractivity contribution in [3.63, 3.8) is 0 Å². The summed E-state index contributed by atoms with van der Waals surface area (Å²) in [5.74, 6) is 1.28. The zero-order valence-electron chi connectivity index (χ0n) is 12.7. The number of amides is 2. The van der Waals surface area contributed by atoms with Gasteiger partial charge in [-0.25, -0.2) is 9.78 Å². The highest BCUT2D eigenvalue weighted by Gasteiger charge is 2.20. The summed E-state index contributed by atoms with van der Waals surface area (Å²) in [4.78, 5) is 18.8. The zero-order chi connectivity index (χ0) is 16.1. The van der Waals surface area contributed by atoms with Crippen LogP contribution in [0.25, 0.3) is 0 Å². The maximum atomic E-state index is 12.2. The number of nitrogens with one attached hydrogen (secondary N) is 2. The Morgan fingerprint density at radius 3 is 2.87 bits per heavy atom. The molecule has 1 unspecified atom stereocenters. The van der Waals surface area contributed by atoms with Gasteiger partial charge in [0, 0.05) is 19.3 Å². The molecule has 2 aromatic heterocycles. The summed E-state index contributed by atoms with van der Waals surface area (Å²) in [6, 6.07) is 6.03. The fraction of sp³-hybridized carbons (Fsp3) is 0.375. The Labute approximate surface area is 134 Å². The molecule has 0 bridgehead atoms. The van der Waals surface area contributed by atoms with Crippen LogP contribution in [-0.2, 0) is 0 Å². The molecule has 122 valence electrons. The van der Waals surface area contributed by atoms with E-state index in [0.717, 1.165) is 31.7 Å². The first kappa shape index (κ1) is 15.4. The monoisotopic (exact) mass is 316 g/mol. The Morgan fingerprint density at radius 1 is 1.35 bits per heavy atom. The number of carbonyl (C=O) groups is 1. The molecule has 0 saturated carbocycles. The molecule has 0 radical (unpaired) electrons. The fourth-order valence-electron chi connectivity index (χ4n) is 2.69. The van der Waals surface area contributed by atoms with Crippen LogP contribution in [0.1, 0.15) is 24.6 Å². The number of urea groups is 1. The van der Waals surface area contributed by atoms with Gasteiger partial charge in [-0.2, -0.15) is 0 Å². The molecule has 1 atom stereocenters. The summed E-state index contributed by atoms with van der Waals surface area (Å²) >= 11 is 0. The zero-order valence-corrected chi connectivity index (χ0v) is 12.7. The van der Waals surface area contributed by atoms with Crippen molar-refractivity contribution in [3.8, 4) is 0 Å². The highest BCUT2D eigenvalue weighted by Crippen LogP contribution is 2.26. The molecule has 3 rings (SSSR count). The average molecular weight is 316 g/mol. The summed E-state index contributed by atoms with van der Waals surface area (Å²) in [5.41, 5.74) is 0.656. The minimum atomic E-state index is -0.586. The van der Waals surface area contributed by atoms with Crippen LogP contribution in [0.2, 0.25) is 0 Å². The van der Waals surface area contributed by atoms with Gasteiger partial charge in [0.2, 0.25) is 0 Å². The number of furan rings is 1. The fourth-order valence-corrected chi connectivity index (χ4v) is 2.69. The maximum absolute atomic E-state index is 12.2. The Kier molecular flexibility index (Phi) is 4.77. The summed E-state index contributed by atoms with van der Waals surface area (Å²) < 4.78 is 5.22. The van der Waals surface area contributed by atoms with Gasteiger partial charge in [0.05, 0.1) is 18.6 Å². The van der Waals surface area contributed by atoms with Crippen LogP contribution in [-0.4, -0.2) is 35.8 Å². The van der Waals surface area contributed by atoms with E-state index in [4.69, 9.17) is 4.42 Å². The summed E-state index contributed by atoms with van der Waals surface area (Å²) in [7, 11) is 0. The third-order valence-corrected chi connectivity index (χ3v) is 3.82. The lowest BCUT2D eigenvalue weighted by Crippen LogP contribution is -2.34. The second kappa shape index (κ2) is 7.15. The second-order valence-corrected chi connectivity index (χ2v) is 5.42. The van der Waals surface area contributed by atoms with E-state index >= 15 is 0 Å². The van der Waals surface area contributed by atoms with Crippen LogP contribution in [0.5, 0.6) is 0 Å². The molecule has 1 saturated heterocycles. The van der Waals surface area contributed by atoms with Crippen molar-refractivity contribution in [2.45, 2.75) is 18.9 Å². The third-order valence-electron chi connectivity index (χ3n) is 3.82.